The van der Waals surface area contributed by atoms with Crippen molar-refractivity contribution in [3.05, 3.63) is 11.8 Å². The van der Waals surface area contributed by atoms with Gasteiger partial charge in [-0.05, 0) is 44.1 Å². The van der Waals surface area contributed by atoms with Crippen LogP contribution in [0.25, 0.3) is 0 Å². The zero-order valence-electron chi connectivity index (χ0n) is 17.6. The summed E-state index contributed by atoms with van der Waals surface area (Å²) in [5, 5.41) is 28.9. The zero-order chi connectivity index (χ0) is 19.1. The minimum atomic E-state index is -1.23. The second kappa shape index (κ2) is 12.4. The molecule has 3 N–H and O–H groups in total. The van der Waals surface area contributed by atoms with Gasteiger partial charge in [-0.3, -0.25) is 4.79 Å². The molecule has 2 aliphatic rings. The normalized spacial score (nSPS) is 32.0. The quantitative estimate of drug-likeness (QED) is 0.354. The van der Waals surface area contributed by atoms with Gasteiger partial charge in [0.15, 0.2) is 6.17 Å². The van der Waals surface area contributed by atoms with Gasteiger partial charge in [0, 0.05) is 18.8 Å². The average molecular weight is 396 g/mol. The molecule has 0 aromatic carbocycles. The second-order valence-electron chi connectivity index (χ2n) is 7.72. The van der Waals surface area contributed by atoms with E-state index < -0.39 is 18.2 Å². The van der Waals surface area contributed by atoms with Gasteiger partial charge in [0.25, 0.3) is 0 Å². The molecule has 2 rings (SSSR count). The summed E-state index contributed by atoms with van der Waals surface area (Å²) < 4.78 is 20.5. The molecule has 6 atom stereocenters. The summed E-state index contributed by atoms with van der Waals surface area (Å²) in [6.07, 6.45) is 5.78. The molecular weight excluding hydrogens is 362 g/mol. The average Bonchev–Trinajstić information content (AvgIpc) is 3.05. The Bertz CT molecular complexity index is 493. The molecule has 1 saturated heterocycles. The van der Waals surface area contributed by atoms with Crippen LogP contribution in [0.1, 0.15) is 72.6 Å². The van der Waals surface area contributed by atoms with E-state index in [0.29, 0.717) is 37.9 Å². The number of rotatable bonds is 11. The van der Waals surface area contributed by atoms with Crippen LogP contribution < -0.4 is 29.6 Å². The van der Waals surface area contributed by atoms with Crippen molar-refractivity contribution in [3.8, 4) is 0 Å². The van der Waals surface area contributed by atoms with Crippen LogP contribution in [0.5, 0.6) is 0 Å². The third kappa shape index (κ3) is 7.32. The maximum Gasteiger partial charge on any atom is 1.00 e. The number of allylic oxidation sites excluding steroid dienone is 2. The van der Waals surface area contributed by atoms with E-state index in [4.69, 9.17) is 9.84 Å². The molecule has 7 heteroatoms. The number of aliphatic hydroxyl groups is 2. The van der Waals surface area contributed by atoms with E-state index in [1.54, 1.807) is 6.08 Å². The van der Waals surface area contributed by atoms with Crippen LogP contribution in [0.2, 0.25) is 0 Å². The predicted molar refractivity (Wildman–Crippen MR) is 97.4 cm³/mol. The number of carbonyl (C=O) groups is 1. The van der Waals surface area contributed by atoms with E-state index in [1.165, 1.54) is 0 Å². The predicted octanol–water partition coefficient (Wildman–Crippen LogP) is 0.697. The SMILES string of the molecule is CCCCC(O)CCC[C@@H]1[C@@H]2[C@H](C[C@H]1O)O/C(=C\CCCC(=O)O)[C@@H]2F.[H-].[Na+]. The Kier molecular flexibility index (Phi) is 11.5. The summed E-state index contributed by atoms with van der Waals surface area (Å²) in [7, 11) is 0. The van der Waals surface area contributed by atoms with Crippen molar-refractivity contribution in [2.24, 2.45) is 11.8 Å². The molecule has 2 fully saturated rings. The summed E-state index contributed by atoms with van der Waals surface area (Å²) in [4.78, 5) is 10.5. The van der Waals surface area contributed by atoms with Gasteiger partial charge in [-0.1, -0.05) is 26.2 Å². The Hall–Kier alpha value is -0.140. The molecule has 0 bridgehead atoms. The van der Waals surface area contributed by atoms with Crippen molar-refractivity contribution in [1.29, 1.82) is 0 Å². The third-order valence-corrected chi connectivity index (χ3v) is 5.69. The number of alkyl halides is 1. The molecule has 5 nitrogen and oxygen atoms in total. The van der Waals surface area contributed by atoms with Crippen LogP contribution in [0.4, 0.5) is 4.39 Å². The molecule has 0 aromatic heterocycles. The molecule has 1 heterocycles. The molecular formula is C20H34FNaO5. The first-order valence-corrected chi connectivity index (χ1v) is 10.0. The minimum Gasteiger partial charge on any atom is -1.00 e. The van der Waals surface area contributed by atoms with E-state index in [1.807, 2.05) is 0 Å². The molecule has 0 aromatic rings. The molecule has 0 amide bonds. The molecule has 0 spiro atoms. The molecule has 1 aliphatic carbocycles. The van der Waals surface area contributed by atoms with Crippen molar-refractivity contribution >= 4 is 5.97 Å². The fourth-order valence-corrected chi connectivity index (χ4v) is 4.28. The topological polar surface area (TPSA) is 87.0 Å². The fraction of sp³-hybridized carbons (Fsp3) is 0.850. The number of fused-ring (bicyclic) bond motifs is 1. The summed E-state index contributed by atoms with van der Waals surface area (Å²) in [6.45, 7) is 2.09. The van der Waals surface area contributed by atoms with Crippen LogP contribution in [0, 0.1) is 11.8 Å². The second-order valence-corrected chi connectivity index (χ2v) is 7.72. The summed E-state index contributed by atoms with van der Waals surface area (Å²) in [5.41, 5.74) is 0. The summed E-state index contributed by atoms with van der Waals surface area (Å²) >= 11 is 0. The van der Waals surface area contributed by atoms with Crippen LogP contribution >= 0.6 is 0 Å². The van der Waals surface area contributed by atoms with Gasteiger partial charge in [0.2, 0.25) is 0 Å². The Labute approximate surface area is 185 Å². The largest absolute Gasteiger partial charge is 1.00 e. The van der Waals surface area contributed by atoms with E-state index in [2.05, 4.69) is 6.92 Å². The Morgan fingerprint density at radius 3 is 2.74 bits per heavy atom. The Morgan fingerprint density at radius 1 is 1.37 bits per heavy atom. The van der Waals surface area contributed by atoms with Gasteiger partial charge in [0.05, 0.1) is 12.2 Å². The maximum atomic E-state index is 14.8. The number of ether oxygens (including phenoxy) is 1. The van der Waals surface area contributed by atoms with Crippen molar-refractivity contribution in [2.75, 3.05) is 0 Å². The Morgan fingerprint density at radius 2 is 2.07 bits per heavy atom. The first kappa shape index (κ1) is 24.9. The minimum absolute atomic E-state index is 0. The number of unbranched alkanes of at least 4 members (excludes halogenated alkanes) is 2. The summed E-state index contributed by atoms with van der Waals surface area (Å²) in [6, 6.07) is 0. The van der Waals surface area contributed by atoms with Crippen LogP contribution in [0.15, 0.2) is 11.8 Å². The molecule has 1 aliphatic heterocycles. The van der Waals surface area contributed by atoms with Gasteiger partial charge in [-0.15, -0.1) is 0 Å². The first-order chi connectivity index (χ1) is 12.4. The van der Waals surface area contributed by atoms with E-state index in [-0.39, 0.29) is 61.4 Å². The summed E-state index contributed by atoms with van der Waals surface area (Å²) in [5.74, 6) is -1.01. The third-order valence-electron chi connectivity index (χ3n) is 5.69. The number of halogens is 1. The fourth-order valence-electron chi connectivity index (χ4n) is 4.28. The number of aliphatic carboxylic acids is 1. The van der Waals surface area contributed by atoms with Gasteiger partial charge >= 0.3 is 35.5 Å². The molecule has 152 valence electrons. The van der Waals surface area contributed by atoms with Crippen LogP contribution in [0.3, 0.4) is 0 Å². The smallest absolute Gasteiger partial charge is 1.00 e. The van der Waals surface area contributed by atoms with E-state index in [9.17, 15) is 19.4 Å². The van der Waals surface area contributed by atoms with Crippen molar-refractivity contribution < 1.29 is 60.2 Å². The van der Waals surface area contributed by atoms with Crippen LogP contribution in [-0.2, 0) is 9.53 Å². The van der Waals surface area contributed by atoms with E-state index in [0.717, 1.165) is 25.7 Å². The Balaban J connectivity index is 0.00000364. The maximum absolute atomic E-state index is 14.8. The van der Waals surface area contributed by atoms with Gasteiger partial charge in [-0.25, -0.2) is 4.39 Å². The number of aliphatic hydroxyl groups excluding tert-OH is 2. The van der Waals surface area contributed by atoms with Gasteiger partial charge in [0.1, 0.15) is 11.9 Å². The monoisotopic (exact) mass is 396 g/mol. The van der Waals surface area contributed by atoms with Gasteiger partial charge in [-0.2, -0.15) is 0 Å². The van der Waals surface area contributed by atoms with Crippen molar-refractivity contribution in [2.45, 2.75) is 95.6 Å². The number of carboxylic acids is 1. The van der Waals surface area contributed by atoms with E-state index >= 15 is 0 Å². The molecule has 0 radical (unpaired) electrons. The molecule has 1 saturated carbocycles. The van der Waals surface area contributed by atoms with Crippen molar-refractivity contribution in [3.63, 3.8) is 0 Å². The van der Waals surface area contributed by atoms with Crippen molar-refractivity contribution in [1.82, 2.24) is 0 Å². The number of carboxylic acid groups (broad SMARTS) is 1. The van der Waals surface area contributed by atoms with Gasteiger partial charge < -0.3 is 21.5 Å². The standard InChI is InChI=1S/C20H33FO5.Na.H/c1-2-3-7-13(22)8-6-9-14-15(23)12-17-19(14)20(21)16(26-17)10-4-5-11-18(24)25;;/h10,13-15,17,19-20,22-23H,2-9,11-12H2,1H3,(H,24,25);;/q;+1;-1/b16-10-;;/t13?,14-,15+,17-,19+,20-;;/m0../s1. The molecule has 27 heavy (non-hydrogen) atoms. The number of hydrogen-bond donors (Lipinski definition) is 3. The molecule has 1 unspecified atom stereocenters. The first-order valence-electron chi connectivity index (χ1n) is 10.0. The van der Waals surface area contributed by atoms with Crippen LogP contribution in [-0.4, -0.2) is 45.8 Å². The number of hydrogen-bond acceptors (Lipinski definition) is 4. The zero-order valence-corrected chi connectivity index (χ0v) is 18.6.